The van der Waals surface area contributed by atoms with Crippen LogP contribution in [0.3, 0.4) is 0 Å². The summed E-state index contributed by atoms with van der Waals surface area (Å²) >= 11 is 0. The van der Waals surface area contributed by atoms with Crippen molar-refractivity contribution in [3.8, 4) is 5.75 Å². The van der Waals surface area contributed by atoms with Gasteiger partial charge in [0.25, 0.3) is 0 Å². The van der Waals surface area contributed by atoms with E-state index in [0.717, 1.165) is 16.9 Å². The molecule has 0 amide bonds. The second kappa shape index (κ2) is 9.77. The Morgan fingerprint density at radius 2 is 1.88 bits per heavy atom. The number of methoxy groups -OCH3 is 1. The van der Waals surface area contributed by atoms with Crippen LogP contribution >= 0.6 is 0 Å². The van der Waals surface area contributed by atoms with Crippen LogP contribution in [0, 0.1) is 5.82 Å². The SMILES string of the molecule is CN=C(NCc1cccc(OC)c1)NCC(c1ccc(F)cc1)N(C)C. The summed E-state index contributed by atoms with van der Waals surface area (Å²) in [5.41, 5.74) is 2.15. The molecule has 0 aliphatic rings. The second-order valence-corrected chi connectivity index (χ2v) is 6.19. The topological polar surface area (TPSA) is 48.9 Å². The Labute approximate surface area is 154 Å². The van der Waals surface area contributed by atoms with Crippen LogP contribution in [0.4, 0.5) is 4.39 Å². The van der Waals surface area contributed by atoms with E-state index in [2.05, 4.69) is 20.5 Å². The third-order valence-corrected chi connectivity index (χ3v) is 4.16. The third-order valence-electron chi connectivity index (χ3n) is 4.16. The summed E-state index contributed by atoms with van der Waals surface area (Å²) in [6.45, 7) is 1.29. The Hall–Kier alpha value is -2.60. The van der Waals surface area contributed by atoms with Gasteiger partial charge in [-0.25, -0.2) is 4.39 Å². The number of ether oxygens (including phenoxy) is 1. The zero-order valence-electron chi connectivity index (χ0n) is 15.8. The van der Waals surface area contributed by atoms with E-state index in [-0.39, 0.29) is 11.9 Å². The molecule has 0 fully saturated rings. The fraction of sp³-hybridized carbons (Fsp3) is 0.350. The Balaban J connectivity index is 1.94. The molecule has 26 heavy (non-hydrogen) atoms. The average Bonchev–Trinajstić information content (AvgIpc) is 2.65. The number of nitrogens with one attached hydrogen (secondary N) is 2. The van der Waals surface area contributed by atoms with Gasteiger partial charge >= 0.3 is 0 Å². The Morgan fingerprint density at radius 3 is 2.50 bits per heavy atom. The van der Waals surface area contributed by atoms with Crippen LogP contribution in [-0.4, -0.2) is 45.7 Å². The number of hydrogen-bond donors (Lipinski definition) is 2. The molecule has 140 valence electrons. The fourth-order valence-corrected chi connectivity index (χ4v) is 2.67. The van der Waals surface area contributed by atoms with Gasteiger partial charge in [0.15, 0.2) is 5.96 Å². The van der Waals surface area contributed by atoms with Crippen molar-refractivity contribution >= 4 is 5.96 Å². The second-order valence-electron chi connectivity index (χ2n) is 6.19. The summed E-state index contributed by atoms with van der Waals surface area (Å²) < 4.78 is 18.4. The first-order valence-electron chi connectivity index (χ1n) is 8.53. The average molecular weight is 358 g/mol. The molecule has 0 saturated carbocycles. The first kappa shape index (κ1) is 19.7. The van der Waals surface area contributed by atoms with Crippen LogP contribution in [0.25, 0.3) is 0 Å². The number of aliphatic imine (C=N–C) groups is 1. The van der Waals surface area contributed by atoms with Crippen molar-refractivity contribution < 1.29 is 9.13 Å². The number of likely N-dealkylation sites (N-methyl/N-ethyl adjacent to an activating group) is 1. The van der Waals surface area contributed by atoms with Gasteiger partial charge in [0.05, 0.1) is 13.2 Å². The van der Waals surface area contributed by atoms with Crippen molar-refractivity contribution in [3.05, 3.63) is 65.5 Å². The maximum absolute atomic E-state index is 13.2. The minimum atomic E-state index is -0.227. The molecule has 2 N–H and O–H groups in total. The van der Waals surface area contributed by atoms with Crippen molar-refractivity contribution in [2.45, 2.75) is 12.6 Å². The van der Waals surface area contributed by atoms with Crippen LogP contribution in [0.1, 0.15) is 17.2 Å². The molecule has 0 saturated heterocycles. The van der Waals surface area contributed by atoms with Crippen molar-refractivity contribution in [1.29, 1.82) is 0 Å². The van der Waals surface area contributed by atoms with Crippen LogP contribution < -0.4 is 15.4 Å². The van der Waals surface area contributed by atoms with Gasteiger partial charge in [-0.15, -0.1) is 0 Å². The first-order valence-corrected chi connectivity index (χ1v) is 8.53. The lowest BCUT2D eigenvalue weighted by Gasteiger charge is -2.26. The molecule has 2 rings (SSSR count). The van der Waals surface area contributed by atoms with Gasteiger partial charge in [0.1, 0.15) is 11.6 Å². The fourth-order valence-electron chi connectivity index (χ4n) is 2.67. The van der Waals surface area contributed by atoms with Gasteiger partial charge in [-0.2, -0.15) is 0 Å². The molecule has 2 aromatic carbocycles. The molecule has 2 aromatic rings. The number of rotatable bonds is 7. The highest BCUT2D eigenvalue weighted by Crippen LogP contribution is 2.17. The van der Waals surface area contributed by atoms with Crippen LogP contribution in [0.2, 0.25) is 0 Å². The molecular weight excluding hydrogens is 331 g/mol. The molecular formula is C20H27FN4O. The van der Waals surface area contributed by atoms with E-state index in [0.29, 0.717) is 19.0 Å². The minimum Gasteiger partial charge on any atom is -0.497 e. The van der Waals surface area contributed by atoms with E-state index in [9.17, 15) is 4.39 Å². The first-order chi connectivity index (χ1) is 12.5. The molecule has 0 aromatic heterocycles. The highest BCUT2D eigenvalue weighted by molar-refractivity contribution is 5.79. The number of guanidine groups is 1. The van der Waals surface area contributed by atoms with Gasteiger partial charge in [-0.05, 0) is 49.5 Å². The van der Waals surface area contributed by atoms with Gasteiger partial charge in [0, 0.05) is 20.1 Å². The largest absolute Gasteiger partial charge is 0.497 e. The predicted molar refractivity (Wildman–Crippen MR) is 104 cm³/mol. The van der Waals surface area contributed by atoms with Crippen LogP contribution in [-0.2, 0) is 6.54 Å². The summed E-state index contributed by atoms with van der Waals surface area (Å²) in [7, 11) is 7.40. The summed E-state index contributed by atoms with van der Waals surface area (Å²) in [5.74, 6) is 1.31. The Kier molecular flexibility index (Phi) is 7.41. The smallest absolute Gasteiger partial charge is 0.191 e. The lowest BCUT2D eigenvalue weighted by atomic mass is 10.1. The predicted octanol–water partition coefficient (Wildman–Crippen LogP) is 2.80. The van der Waals surface area contributed by atoms with E-state index in [1.54, 1.807) is 14.2 Å². The van der Waals surface area contributed by atoms with Gasteiger partial charge in [0.2, 0.25) is 0 Å². The molecule has 0 aliphatic heterocycles. The van der Waals surface area contributed by atoms with E-state index in [1.807, 2.05) is 50.5 Å². The monoisotopic (exact) mass is 358 g/mol. The maximum atomic E-state index is 13.2. The lowest BCUT2D eigenvalue weighted by molar-refractivity contribution is 0.298. The van der Waals surface area contributed by atoms with E-state index >= 15 is 0 Å². The number of hydrogen-bond acceptors (Lipinski definition) is 3. The van der Waals surface area contributed by atoms with Crippen molar-refractivity contribution in [1.82, 2.24) is 15.5 Å². The molecule has 0 radical (unpaired) electrons. The number of nitrogens with zero attached hydrogens (tertiary/aromatic N) is 2. The standard InChI is InChI=1S/C20H27FN4O/c1-22-20(23-13-15-6-5-7-18(12-15)26-4)24-14-19(25(2)3)16-8-10-17(21)11-9-16/h5-12,19H,13-14H2,1-4H3,(H2,22,23,24). The van der Waals surface area contributed by atoms with E-state index in [1.165, 1.54) is 12.1 Å². The minimum absolute atomic E-state index is 0.103. The molecule has 0 heterocycles. The highest BCUT2D eigenvalue weighted by Gasteiger charge is 2.14. The molecule has 0 aliphatic carbocycles. The number of benzene rings is 2. The summed E-state index contributed by atoms with van der Waals surface area (Å²) in [4.78, 5) is 6.36. The van der Waals surface area contributed by atoms with Crippen molar-refractivity contribution in [3.63, 3.8) is 0 Å². The molecule has 1 unspecified atom stereocenters. The normalized spacial score (nSPS) is 12.8. The third kappa shape index (κ3) is 5.74. The molecule has 5 nitrogen and oxygen atoms in total. The highest BCUT2D eigenvalue weighted by atomic mass is 19.1. The van der Waals surface area contributed by atoms with Gasteiger partial charge in [-0.3, -0.25) is 4.99 Å². The maximum Gasteiger partial charge on any atom is 0.191 e. The van der Waals surface area contributed by atoms with Crippen molar-refractivity contribution in [2.24, 2.45) is 4.99 Å². The quantitative estimate of drug-likeness (QED) is 0.590. The van der Waals surface area contributed by atoms with Gasteiger partial charge in [-0.1, -0.05) is 24.3 Å². The Morgan fingerprint density at radius 1 is 1.15 bits per heavy atom. The van der Waals surface area contributed by atoms with Crippen molar-refractivity contribution in [2.75, 3.05) is 34.8 Å². The lowest BCUT2D eigenvalue weighted by Crippen LogP contribution is -2.41. The molecule has 1 atom stereocenters. The molecule has 6 heteroatoms. The summed E-state index contributed by atoms with van der Waals surface area (Å²) in [6, 6.07) is 14.6. The molecule has 0 bridgehead atoms. The van der Waals surface area contributed by atoms with Crippen LogP contribution in [0.15, 0.2) is 53.5 Å². The van der Waals surface area contributed by atoms with E-state index < -0.39 is 0 Å². The zero-order chi connectivity index (χ0) is 18.9. The number of halogens is 1. The summed E-state index contributed by atoms with van der Waals surface area (Å²) in [5, 5.41) is 6.63. The van der Waals surface area contributed by atoms with Crippen LogP contribution in [0.5, 0.6) is 5.75 Å². The van der Waals surface area contributed by atoms with Gasteiger partial charge < -0.3 is 20.3 Å². The molecule has 0 spiro atoms. The zero-order valence-corrected chi connectivity index (χ0v) is 15.8. The Bertz CT molecular complexity index is 716. The summed E-state index contributed by atoms with van der Waals surface area (Å²) in [6.07, 6.45) is 0. The van der Waals surface area contributed by atoms with E-state index in [4.69, 9.17) is 4.74 Å².